The Morgan fingerprint density at radius 1 is 1.08 bits per heavy atom. The molecule has 1 atom stereocenters. The average Bonchev–Trinajstić information content (AvgIpc) is 3.45. The van der Waals surface area contributed by atoms with Gasteiger partial charge in [0.1, 0.15) is 5.75 Å². The van der Waals surface area contributed by atoms with E-state index in [0.717, 1.165) is 36.1 Å². The van der Waals surface area contributed by atoms with Crippen LogP contribution >= 0.6 is 0 Å². The third-order valence-corrected chi connectivity index (χ3v) is 5.95. The van der Waals surface area contributed by atoms with Gasteiger partial charge in [-0.05, 0) is 60.6 Å². The first-order valence-corrected chi connectivity index (χ1v) is 9.77. The number of aryl methyl sites for hydroxylation is 1. The van der Waals surface area contributed by atoms with Gasteiger partial charge < -0.3 is 4.74 Å². The Morgan fingerprint density at radius 2 is 1.71 bits per heavy atom. The second-order valence-corrected chi connectivity index (χ2v) is 7.92. The fraction of sp³-hybridized carbons (Fsp3) is 0.368. The van der Waals surface area contributed by atoms with Gasteiger partial charge in [-0.15, -0.1) is 0 Å². The van der Waals surface area contributed by atoms with Gasteiger partial charge >= 0.3 is 0 Å². The van der Waals surface area contributed by atoms with Crippen LogP contribution in [0.3, 0.4) is 0 Å². The van der Waals surface area contributed by atoms with Crippen molar-refractivity contribution in [3.05, 3.63) is 59.7 Å². The van der Waals surface area contributed by atoms with Crippen molar-refractivity contribution in [3.63, 3.8) is 0 Å². The lowest BCUT2D eigenvalue weighted by Gasteiger charge is -2.19. The molecule has 0 radical (unpaired) electrons. The summed E-state index contributed by atoms with van der Waals surface area (Å²) in [4.78, 5) is 0.318. The number of sulfonamides is 1. The topological polar surface area (TPSA) is 55.4 Å². The van der Waals surface area contributed by atoms with Gasteiger partial charge in [-0.1, -0.05) is 31.2 Å². The van der Waals surface area contributed by atoms with E-state index in [4.69, 9.17) is 4.74 Å². The number of hydrogen-bond donors (Lipinski definition) is 1. The van der Waals surface area contributed by atoms with Crippen LogP contribution in [0, 0.1) is 5.92 Å². The fourth-order valence-corrected chi connectivity index (χ4v) is 4.11. The maximum atomic E-state index is 12.7. The molecule has 0 spiro atoms. The van der Waals surface area contributed by atoms with E-state index < -0.39 is 10.0 Å². The van der Waals surface area contributed by atoms with Gasteiger partial charge in [0.2, 0.25) is 10.0 Å². The van der Waals surface area contributed by atoms with Crippen LogP contribution in [-0.2, 0) is 16.4 Å². The van der Waals surface area contributed by atoms with E-state index in [1.54, 1.807) is 19.2 Å². The maximum absolute atomic E-state index is 12.7. The van der Waals surface area contributed by atoms with Gasteiger partial charge in [-0.3, -0.25) is 0 Å². The van der Waals surface area contributed by atoms with Crippen LogP contribution in [0.2, 0.25) is 0 Å². The van der Waals surface area contributed by atoms with E-state index in [0.29, 0.717) is 10.8 Å². The molecule has 5 heteroatoms. The largest absolute Gasteiger partial charge is 0.497 e. The van der Waals surface area contributed by atoms with Gasteiger partial charge in [0, 0.05) is 6.04 Å². The standard InChI is InChI=1S/C19H23NO3S/c1-3-14-4-12-18(13-5-14)24(21,22)20-19(15-6-7-15)16-8-10-17(23-2)11-9-16/h4-5,8-13,15,19-20H,3,6-7H2,1-2H3. The summed E-state index contributed by atoms with van der Waals surface area (Å²) in [5.74, 6) is 1.13. The second kappa shape index (κ2) is 6.95. The summed E-state index contributed by atoms with van der Waals surface area (Å²) in [6.45, 7) is 2.05. The monoisotopic (exact) mass is 345 g/mol. The van der Waals surface area contributed by atoms with Crippen molar-refractivity contribution in [2.24, 2.45) is 5.92 Å². The van der Waals surface area contributed by atoms with Crippen LogP contribution in [0.5, 0.6) is 5.75 Å². The van der Waals surface area contributed by atoms with Crippen LogP contribution in [0.4, 0.5) is 0 Å². The zero-order chi connectivity index (χ0) is 17.2. The van der Waals surface area contributed by atoms with Gasteiger partial charge in [0.25, 0.3) is 0 Å². The highest BCUT2D eigenvalue weighted by atomic mass is 32.2. The highest BCUT2D eigenvalue weighted by Gasteiger charge is 2.35. The van der Waals surface area contributed by atoms with Crippen molar-refractivity contribution in [1.29, 1.82) is 0 Å². The summed E-state index contributed by atoms with van der Waals surface area (Å²) in [7, 11) is -1.91. The molecular weight excluding hydrogens is 322 g/mol. The third-order valence-electron chi connectivity index (χ3n) is 4.49. The molecule has 1 fully saturated rings. The fourth-order valence-electron chi connectivity index (χ4n) is 2.82. The molecule has 24 heavy (non-hydrogen) atoms. The SMILES string of the molecule is CCc1ccc(S(=O)(=O)NC(c2ccc(OC)cc2)C2CC2)cc1. The number of ether oxygens (including phenoxy) is 1. The molecule has 128 valence electrons. The molecule has 1 unspecified atom stereocenters. The summed E-state index contributed by atoms with van der Waals surface area (Å²) in [6.07, 6.45) is 2.99. The van der Waals surface area contributed by atoms with Crippen LogP contribution in [0.1, 0.15) is 36.9 Å². The second-order valence-electron chi connectivity index (χ2n) is 6.21. The predicted octanol–water partition coefficient (Wildman–Crippen LogP) is 3.69. The molecule has 2 aromatic rings. The molecule has 1 aliphatic rings. The number of hydrogen-bond acceptors (Lipinski definition) is 3. The number of rotatable bonds is 7. The first-order valence-electron chi connectivity index (χ1n) is 8.28. The quantitative estimate of drug-likeness (QED) is 0.833. The third kappa shape index (κ3) is 3.79. The van der Waals surface area contributed by atoms with Gasteiger partial charge in [-0.2, -0.15) is 0 Å². The minimum atomic E-state index is -3.53. The van der Waals surface area contributed by atoms with Gasteiger partial charge in [0.15, 0.2) is 0 Å². The smallest absolute Gasteiger partial charge is 0.241 e. The van der Waals surface area contributed by atoms with E-state index >= 15 is 0 Å². The van der Waals surface area contributed by atoms with E-state index in [1.165, 1.54) is 0 Å². The number of nitrogens with one attached hydrogen (secondary N) is 1. The summed E-state index contributed by atoms with van der Waals surface area (Å²) in [5.41, 5.74) is 2.11. The van der Waals surface area contributed by atoms with Crippen molar-refractivity contribution in [1.82, 2.24) is 4.72 Å². The van der Waals surface area contributed by atoms with E-state index in [9.17, 15) is 8.42 Å². The van der Waals surface area contributed by atoms with Crippen molar-refractivity contribution < 1.29 is 13.2 Å². The van der Waals surface area contributed by atoms with Crippen LogP contribution in [0.25, 0.3) is 0 Å². The van der Waals surface area contributed by atoms with Gasteiger partial charge in [-0.25, -0.2) is 13.1 Å². The van der Waals surface area contributed by atoms with E-state index in [1.807, 2.05) is 36.4 Å². The normalized spacial score (nSPS) is 15.9. The minimum Gasteiger partial charge on any atom is -0.497 e. The predicted molar refractivity (Wildman–Crippen MR) is 94.6 cm³/mol. The molecule has 3 rings (SSSR count). The average molecular weight is 345 g/mol. The number of methoxy groups -OCH3 is 1. The van der Waals surface area contributed by atoms with Gasteiger partial charge in [0.05, 0.1) is 12.0 Å². The molecule has 0 aliphatic heterocycles. The van der Waals surface area contributed by atoms with Crippen LogP contribution in [-0.4, -0.2) is 15.5 Å². The maximum Gasteiger partial charge on any atom is 0.241 e. The lowest BCUT2D eigenvalue weighted by molar-refractivity contribution is 0.414. The Kier molecular flexibility index (Phi) is 4.92. The molecule has 0 aromatic heterocycles. The van der Waals surface area contributed by atoms with Crippen LogP contribution in [0.15, 0.2) is 53.4 Å². The Labute approximate surface area is 143 Å². The van der Waals surface area contributed by atoms with Crippen molar-refractivity contribution in [2.75, 3.05) is 7.11 Å². The zero-order valence-electron chi connectivity index (χ0n) is 14.0. The molecule has 1 N–H and O–H groups in total. The molecule has 0 amide bonds. The number of benzene rings is 2. The van der Waals surface area contributed by atoms with Crippen molar-refractivity contribution in [2.45, 2.75) is 37.1 Å². The van der Waals surface area contributed by atoms with E-state index in [2.05, 4.69) is 11.6 Å². The highest BCUT2D eigenvalue weighted by molar-refractivity contribution is 7.89. The zero-order valence-corrected chi connectivity index (χ0v) is 14.8. The molecule has 4 nitrogen and oxygen atoms in total. The Hall–Kier alpha value is -1.85. The highest BCUT2D eigenvalue weighted by Crippen LogP contribution is 2.42. The lowest BCUT2D eigenvalue weighted by Crippen LogP contribution is -2.30. The first kappa shape index (κ1) is 17.0. The molecule has 0 saturated heterocycles. The molecule has 1 saturated carbocycles. The molecule has 0 bridgehead atoms. The van der Waals surface area contributed by atoms with Crippen LogP contribution < -0.4 is 9.46 Å². The molecular formula is C19H23NO3S. The Morgan fingerprint density at radius 3 is 2.21 bits per heavy atom. The minimum absolute atomic E-state index is 0.188. The first-order chi connectivity index (χ1) is 11.5. The summed E-state index contributed by atoms with van der Waals surface area (Å²) < 4.78 is 33.5. The summed E-state index contributed by atoms with van der Waals surface area (Å²) >= 11 is 0. The Balaban J connectivity index is 1.83. The molecule has 0 heterocycles. The lowest BCUT2D eigenvalue weighted by atomic mass is 10.0. The van der Waals surface area contributed by atoms with Crippen molar-refractivity contribution in [3.8, 4) is 5.75 Å². The molecule has 2 aromatic carbocycles. The van der Waals surface area contributed by atoms with E-state index in [-0.39, 0.29) is 6.04 Å². The molecule has 1 aliphatic carbocycles. The summed E-state index contributed by atoms with van der Waals surface area (Å²) in [6, 6.07) is 14.5. The Bertz CT molecular complexity index is 778. The van der Waals surface area contributed by atoms with Crippen molar-refractivity contribution >= 4 is 10.0 Å². The summed E-state index contributed by atoms with van der Waals surface area (Å²) in [5, 5.41) is 0.